The molecule has 0 heterocycles. The highest BCUT2D eigenvalue weighted by Gasteiger charge is 2.11. The van der Waals surface area contributed by atoms with Crippen molar-refractivity contribution >= 4 is 27.3 Å². The smallest absolute Gasteiger partial charge is 0.232 e. The van der Waals surface area contributed by atoms with Crippen LogP contribution in [0.2, 0.25) is 0 Å². The third-order valence-electron chi connectivity index (χ3n) is 2.26. The van der Waals surface area contributed by atoms with Crippen LogP contribution in [0, 0.1) is 12.7 Å². The number of halogens is 2. The second kappa shape index (κ2) is 6.21. The van der Waals surface area contributed by atoms with Gasteiger partial charge in [-0.15, -0.1) is 11.6 Å². The van der Waals surface area contributed by atoms with Crippen LogP contribution in [0.5, 0.6) is 0 Å². The Morgan fingerprint density at radius 3 is 2.71 bits per heavy atom. The maximum Gasteiger partial charge on any atom is 0.232 e. The molecule has 1 aromatic carbocycles. The van der Waals surface area contributed by atoms with Gasteiger partial charge in [0.25, 0.3) is 0 Å². The molecule has 1 aromatic rings. The number of alkyl halides is 1. The van der Waals surface area contributed by atoms with Crippen LogP contribution in [0.4, 0.5) is 10.1 Å². The summed E-state index contributed by atoms with van der Waals surface area (Å²) >= 11 is 5.47. The monoisotopic (exact) mass is 279 g/mol. The van der Waals surface area contributed by atoms with Gasteiger partial charge in [0.2, 0.25) is 10.0 Å². The van der Waals surface area contributed by atoms with Crippen LogP contribution < -0.4 is 4.72 Å². The minimum atomic E-state index is -3.42. The molecule has 1 rings (SSSR count). The predicted molar refractivity (Wildman–Crippen MR) is 68.5 cm³/mol. The van der Waals surface area contributed by atoms with Crippen molar-refractivity contribution in [2.75, 3.05) is 16.4 Å². The Bertz CT molecular complexity index is 476. The zero-order valence-electron chi connectivity index (χ0n) is 9.54. The molecule has 0 atom stereocenters. The molecular weight excluding hydrogens is 265 g/mol. The van der Waals surface area contributed by atoms with Crippen molar-refractivity contribution in [1.82, 2.24) is 0 Å². The van der Waals surface area contributed by atoms with Crippen LogP contribution in [0.3, 0.4) is 0 Å². The van der Waals surface area contributed by atoms with E-state index in [9.17, 15) is 12.8 Å². The fraction of sp³-hybridized carbons (Fsp3) is 0.455. The Kier molecular flexibility index (Phi) is 5.21. The summed E-state index contributed by atoms with van der Waals surface area (Å²) in [4.78, 5) is 0. The van der Waals surface area contributed by atoms with Crippen molar-refractivity contribution in [3.63, 3.8) is 0 Å². The van der Waals surface area contributed by atoms with E-state index in [4.69, 9.17) is 11.6 Å². The van der Waals surface area contributed by atoms with Gasteiger partial charge >= 0.3 is 0 Å². The van der Waals surface area contributed by atoms with E-state index in [1.807, 2.05) is 0 Å². The number of hydrogen-bond donors (Lipinski definition) is 1. The molecule has 0 aromatic heterocycles. The van der Waals surface area contributed by atoms with E-state index in [0.717, 1.165) is 0 Å². The first-order chi connectivity index (χ1) is 7.94. The number of unbranched alkanes of at least 4 members (excludes halogenated alkanes) is 1. The molecule has 6 heteroatoms. The molecular formula is C11H15ClFNO2S. The Morgan fingerprint density at radius 2 is 2.06 bits per heavy atom. The predicted octanol–water partition coefficient (Wildman–Crippen LogP) is 2.89. The minimum Gasteiger partial charge on any atom is -0.283 e. The molecule has 0 unspecified atom stereocenters. The van der Waals surface area contributed by atoms with Crippen LogP contribution in [-0.2, 0) is 10.0 Å². The van der Waals surface area contributed by atoms with E-state index in [0.29, 0.717) is 24.3 Å². The molecule has 0 aliphatic carbocycles. The molecule has 0 saturated carbocycles. The van der Waals surface area contributed by atoms with E-state index in [1.54, 1.807) is 6.92 Å². The lowest BCUT2D eigenvalue weighted by molar-refractivity contribution is 0.597. The third kappa shape index (κ3) is 4.91. The van der Waals surface area contributed by atoms with Crippen LogP contribution in [-0.4, -0.2) is 20.1 Å². The summed E-state index contributed by atoms with van der Waals surface area (Å²) in [6.07, 6.45) is 1.14. The summed E-state index contributed by atoms with van der Waals surface area (Å²) in [6, 6.07) is 4.00. The van der Waals surface area contributed by atoms with Gasteiger partial charge in [0.15, 0.2) is 0 Å². The number of benzene rings is 1. The summed E-state index contributed by atoms with van der Waals surface area (Å²) in [5, 5.41) is 0. The van der Waals surface area contributed by atoms with Gasteiger partial charge in [-0.1, -0.05) is 6.07 Å². The lowest BCUT2D eigenvalue weighted by Crippen LogP contribution is -2.17. The molecule has 17 heavy (non-hydrogen) atoms. The first-order valence-electron chi connectivity index (χ1n) is 5.27. The second-order valence-corrected chi connectivity index (χ2v) is 6.00. The molecule has 0 fully saturated rings. The normalized spacial score (nSPS) is 11.5. The zero-order chi connectivity index (χ0) is 12.9. The van der Waals surface area contributed by atoms with Crippen LogP contribution in [0.1, 0.15) is 18.4 Å². The van der Waals surface area contributed by atoms with Crippen molar-refractivity contribution in [2.24, 2.45) is 0 Å². The number of anilines is 1. The van der Waals surface area contributed by atoms with Gasteiger partial charge in [0, 0.05) is 5.88 Å². The van der Waals surface area contributed by atoms with Gasteiger partial charge in [0.05, 0.1) is 11.4 Å². The van der Waals surface area contributed by atoms with Gasteiger partial charge in [-0.3, -0.25) is 4.72 Å². The van der Waals surface area contributed by atoms with E-state index in [2.05, 4.69) is 4.72 Å². The van der Waals surface area contributed by atoms with E-state index < -0.39 is 15.8 Å². The molecule has 3 nitrogen and oxygen atoms in total. The van der Waals surface area contributed by atoms with Crippen molar-refractivity contribution in [3.05, 3.63) is 29.6 Å². The largest absolute Gasteiger partial charge is 0.283 e. The zero-order valence-corrected chi connectivity index (χ0v) is 11.1. The average Bonchev–Trinajstić information content (AvgIpc) is 2.23. The van der Waals surface area contributed by atoms with Gasteiger partial charge in [-0.25, -0.2) is 12.8 Å². The van der Waals surface area contributed by atoms with Crippen LogP contribution >= 0.6 is 11.6 Å². The van der Waals surface area contributed by atoms with E-state index in [-0.39, 0.29) is 11.4 Å². The third-order valence-corrected chi connectivity index (χ3v) is 3.89. The average molecular weight is 280 g/mol. The lowest BCUT2D eigenvalue weighted by Gasteiger charge is -2.10. The van der Waals surface area contributed by atoms with Gasteiger partial charge < -0.3 is 0 Å². The molecule has 0 spiro atoms. The van der Waals surface area contributed by atoms with Gasteiger partial charge in [0.1, 0.15) is 5.82 Å². The second-order valence-electron chi connectivity index (χ2n) is 3.78. The van der Waals surface area contributed by atoms with E-state index >= 15 is 0 Å². The number of sulfonamides is 1. The van der Waals surface area contributed by atoms with E-state index in [1.165, 1.54) is 18.2 Å². The van der Waals surface area contributed by atoms with Crippen molar-refractivity contribution in [3.8, 4) is 0 Å². The highest BCUT2D eigenvalue weighted by molar-refractivity contribution is 7.92. The van der Waals surface area contributed by atoms with Gasteiger partial charge in [-0.2, -0.15) is 0 Å². The number of hydrogen-bond acceptors (Lipinski definition) is 2. The first kappa shape index (κ1) is 14.3. The standard InChI is InChI=1S/C11H15ClFNO2S/c1-9-4-5-10(13)8-11(9)14-17(15,16)7-3-2-6-12/h4-5,8,14H,2-3,6-7H2,1H3. The first-order valence-corrected chi connectivity index (χ1v) is 7.46. The SMILES string of the molecule is Cc1ccc(F)cc1NS(=O)(=O)CCCCCl. The van der Waals surface area contributed by atoms with Gasteiger partial charge in [-0.05, 0) is 37.5 Å². The van der Waals surface area contributed by atoms with Crippen LogP contribution in [0.15, 0.2) is 18.2 Å². The molecule has 0 bridgehead atoms. The topological polar surface area (TPSA) is 46.2 Å². The summed E-state index contributed by atoms with van der Waals surface area (Å²) < 4.78 is 38.7. The maximum absolute atomic E-state index is 13.0. The highest BCUT2D eigenvalue weighted by Crippen LogP contribution is 2.17. The fourth-order valence-corrected chi connectivity index (χ4v) is 2.74. The summed E-state index contributed by atoms with van der Waals surface area (Å²) in [5.41, 5.74) is 0.975. The fourth-order valence-electron chi connectivity index (χ4n) is 1.31. The Balaban J connectivity index is 2.72. The molecule has 96 valence electrons. The molecule has 0 aliphatic heterocycles. The number of nitrogens with one attached hydrogen (secondary N) is 1. The van der Waals surface area contributed by atoms with Crippen LogP contribution in [0.25, 0.3) is 0 Å². The summed E-state index contributed by atoms with van der Waals surface area (Å²) in [7, 11) is -3.42. The van der Waals surface area contributed by atoms with Crippen molar-refractivity contribution in [1.29, 1.82) is 0 Å². The Morgan fingerprint density at radius 1 is 1.35 bits per heavy atom. The number of rotatable bonds is 6. The Hall–Kier alpha value is -0.810. The highest BCUT2D eigenvalue weighted by atomic mass is 35.5. The summed E-state index contributed by atoms with van der Waals surface area (Å²) in [6.45, 7) is 1.72. The maximum atomic E-state index is 13.0. The molecule has 0 saturated heterocycles. The van der Waals surface area contributed by atoms with Crippen molar-refractivity contribution < 1.29 is 12.8 Å². The summed E-state index contributed by atoms with van der Waals surface area (Å²) in [5.74, 6) is -0.0291. The Labute approximate surface area is 106 Å². The minimum absolute atomic E-state index is 0.00429. The van der Waals surface area contributed by atoms with Crippen molar-refractivity contribution in [2.45, 2.75) is 19.8 Å². The quantitative estimate of drug-likeness (QED) is 0.643. The number of aryl methyl sites for hydroxylation is 1. The lowest BCUT2D eigenvalue weighted by atomic mass is 10.2. The molecule has 0 radical (unpaired) electrons. The molecule has 0 aliphatic rings. The molecule has 1 N–H and O–H groups in total. The molecule has 0 amide bonds.